The molecule has 0 aliphatic heterocycles. The summed E-state index contributed by atoms with van der Waals surface area (Å²) < 4.78 is 10.9. The first kappa shape index (κ1) is 14.0. The van der Waals surface area contributed by atoms with Crippen molar-refractivity contribution in [2.24, 2.45) is 0 Å². The van der Waals surface area contributed by atoms with Gasteiger partial charge < -0.3 is 9.47 Å². The van der Waals surface area contributed by atoms with Crippen LogP contribution in [0.5, 0.6) is 11.5 Å². The highest BCUT2D eigenvalue weighted by molar-refractivity contribution is 6.32. The van der Waals surface area contributed by atoms with Crippen LogP contribution in [0.2, 0.25) is 5.02 Å². The van der Waals surface area contributed by atoms with Crippen LogP contribution in [0.15, 0.2) is 42.5 Å². The van der Waals surface area contributed by atoms with E-state index in [2.05, 4.69) is 0 Å². The van der Waals surface area contributed by atoms with E-state index in [0.717, 1.165) is 16.9 Å². The predicted molar refractivity (Wildman–Crippen MR) is 78.3 cm³/mol. The van der Waals surface area contributed by atoms with Crippen LogP contribution in [-0.4, -0.2) is 7.11 Å². The third-order valence-electron chi connectivity index (χ3n) is 2.68. The quantitative estimate of drug-likeness (QED) is 0.747. The standard InChI is InChI=1S/C15H14Cl2O2/c1-18-13-4-2-3-12(7-13)10-19-15-6-5-11(9-16)8-14(15)17/h2-8H,9-10H2,1H3. The molecule has 4 heteroatoms. The van der Waals surface area contributed by atoms with Crippen molar-refractivity contribution in [1.29, 1.82) is 0 Å². The van der Waals surface area contributed by atoms with Crippen molar-refractivity contribution in [2.75, 3.05) is 7.11 Å². The van der Waals surface area contributed by atoms with Crippen molar-refractivity contribution in [3.8, 4) is 11.5 Å². The number of alkyl halides is 1. The van der Waals surface area contributed by atoms with Crippen molar-refractivity contribution in [1.82, 2.24) is 0 Å². The zero-order valence-corrected chi connectivity index (χ0v) is 12.0. The Kier molecular flexibility index (Phi) is 4.94. The van der Waals surface area contributed by atoms with E-state index in [1.165, 1.54) is 0 Å². The van der Waals surface area contributed by atoms with Gasteiger partial charge in [0.15, 0.2) is 0 Å². The molecule has 0 atom stereocenters. The van der Waals surface area contributed by atoms with Crippen LogP contribution in [0.3, 0.4) is 0 Å². The smallest absolute Gasteiger partial charge is 0.138 e. The van der Waals surface area contributed by atoms with E-state index < -0.39 is 0 Å². The SMILES string of the molecule is COc1cccc(COc2ccc(CCl)cc2Cl)c1. The minimum Gasteiger partial charge on any atom is -0.497 e. The molecule has 0 saturated carbocycles. The Morgan fingerprint density at radius 3 is 2.58 bits per heavy atom. The number of benzene rings is 2. The second kappa shape index (κ2) is 6.69. The second-order valence-electron chi connectivity index (χ2n) is 4.04. The highest BCUT2D eigenvalue weighted by atomic mass is 35.5. The molecule has 2 aromatic rings. The number of rotatable bonds is 5. The zero-order chi connectivity index (χ0) is 13.7. The Labute approximate surface area is 122 Å². The highest BCUT2D eigenvalue weighted by Gasteiger charge is 2.04. The van der Waals surface area contributed by atoms with Crippen molar-refractivity contribution in [3.63, 3.8) is 0 Å². The van der Waals surface area contributed by atoms with E-state index in [1.807, 2.05) is 42.5 Å². The lowest BCUT2D eigenvalue weighted by atomic mass is 10.2. The maximum atomic E-state index is 6.12. The topological polar surface area (TPSA) is 18.5 Å². The van der Waals surface area contributed by atoms with Crippen LogP contribution in [0.4, 0.5) is 0 Å². The molecular weight excluding hydrogens is 283 g/mol. The molecule has 0 saturated heterocycles. The molecule has 0 unspecified atom stereocenters. The van der Waals surface area contributed by atoms with Gasteiger partial charge in [0.1, 0.15) is 18.1 Å². The van der Waals surface area contributed by atoms with Gasteiger partial charge in [0, 0.05) is 5.88 Å². The minimum absolute atomic E-state index is 0.440. The lowest BCUT2D eigenvalue weighted by Gasteiger charge is -2.09. The second-order valence-corrected chi connectivity index (χ2v) is 4.71. The number of methoxy groups -OCH3 is 1. The zero-order valence-electron chi connectivity index (χ0n) is 10.5. The number of hydrogen-bond donors (Lipinski definition) is 0. The maximum absolute atomic E-state index is 6.12. The third kappa shape index (κ3) is 3.79. The van der Waals surface area contributed by atoms with Gasteiger partial charge in [-0.2, -0.15) is 0 Å². The van der Waals surface area contributed by atoms with Crippen molar-refractivity contribution < 1.29 is 9.47 Å². The van der Waals surface area contributed by atoms with Crippen LogP contribution in [0.1, 0.15) is 11.1 Å². The van der Waals surface area contributed by atoms with Crippen LogP contribution in [-0.2, 0) is 12.5 Å². The fourth-order valence-corrected chi connectivity index (χ4v) is 2.09. The first-order valence-electron chi connectivity index (χ1n) is 5.83. The van der Waals surface area contributed by atoms with Gasteiger partial charge in [0.05, 0.1) is 12.1 Å². The monoisotopic (exact) mass is 296 g/mol. The van der Waals surface area contributed by atoms with Crippen LogP contribution in [0.25, 0.3) is 0 Å². The van der Waals surface area contributed by atoms with Crippen LogP contribution < -0.4 is 9.47 Å². The summed E-state index contributed by atoms with van der Waals surface area (Å²) in [5.74, 6) is 1.90. The van der Waals surface area contributed by atoms with Gasteiger partial charge in [-0.05, 0) is 35.4 Å². The van der Waals surface area contributed by atoms with Gasteiger partial charge in [-0.3, -0.25) is 0 Å². The summed E-state index contributed by atoms with van der Waals surface area (Å²) in [6.45, 7) is 0.442. The molecule has 0 fully saturated rings. The molecule has 0 heterocycles. The molecule has 0 aromatic heterocycles. The van der Waals surface area contributed by atoms with Gasteiger partial charge >= 0.3 is 0 Å². The minimum atomic E-state index is 0.440. The van der Waals surface area contributed by atoms with Gasteiger partial charge in [0.2, 0.25) is 0 Å². The number of hydrogen-bond acceptors (Lipinski definition) is 2. The average Bonchev–Trinajstić information content (AvgIpc) is 2.46. The summed E-state index contributed by atoms with van der Waals surface area (Å²) in [6.07, 6.45) is 0. The Morgan fingerprint density at radius 1 is 1.05 bits per heavy atom. The van der Waals surface area contributed by atoms with Crippen LogP contribution in [0, 0.1) is 0 Å². The van der Waals surface area contributed by atoms with E-state index in [0.29, 0.717) is 23.3 Å². The van der Waals surface area contributed by atoms with E-state index >= 15 is 0 Å². The lowest BCUT2D eigenvalue weighted by Crippen LogP contribution is -1.97. The molecule has 0 aliphatic rings. The Morgan fingerprint density at radius 2 is 1.89 bits per heavy atom. The molecule has 19 heavy (non-hydrogen) atoms. The number of halogens is 2. The molecule has 0 bridgehead atoms. The largest absolute Gasteiger partial charge is 0.497 e. The van der Waals surface area contributed by atoms with Crippen molar-refractivity contribution >= 4 is 23.2 Å². The van der Waals surface area contributed by atoms with E-state index in [4.69, 9.17) is 32.7 Å². The Hall–Kier alpha value is -1.38. The third-order valence-corrected chi connectivity index (χ3v) is 3.28. The average molecular weight is 297 g/mol. The summed E-state index contributed by atoms with van der Waals surface area (Å²) in [6, 6.07) is 13.3. The highest BCUT2D eigenvalue weighted by Crippen LogP contribution is 2.27. The fourth-order valence-electron chi connectivity index (χ4n) is 1.67. The van der Waals surface area contributed by atoms with Crippen molar-refractivity contribution in [3.05, 3.63) is 58.6 Å². The van der Waals surface area contributed by atoms with Gasteiger partial charge in [-0.1, -0.05) is 29.8 Å². The molecule has 0 spiro atoms. The first-order valence-corrected chi connectivity index (χ1v) is 6.74. The normalized spacial score (nSPS) is 10.3. The molecule has 100 valence electrons. The molecule has 2 rings (SSSR count). The van der Waals surface area contributed by atoms with E-state index in [1.54, 1.807) is 7.11 Å². The first-order chi connectivity index (χ1) is 9.22. The van der Waals surface area contributed by atoms with E-state index in [-0.39, 0.29) is 0 Å². The maximum Gasteiger partial charge on any atom is 0.138 e. The van der Waals surface area contributed by atoms with E-state index in [9.17, 15) is 0 Å². The summed E-state index contributed by atoms with van der Waals surface area (Å²) in [5, 5.41) is 0.570. The van der Waals surface area contributed by atoms with Gasteiger partial charge in [-0.15, -0.1) is 11.6 Å². The Balaban J connectivity index is 2.05. The summed E-state index contributed by atoms with van der Waals surface area (Å²) in [5.41, 5.74) is 2.00. The lowest BCUT2D eigenvalue weighted by molar-refractivity contribution is 0.305. The van der Waals surface area contributed by atoms with Crippen molar-refractivity contribution in [2.45, 2.75) is 12.5 Å². The molecule has 0 amide bonds. The predicted octanol–water partition coefficient (Wildman–Crippen LogP) is 4.67. The summed E-state index contributed by atoms with van der Waals surface area (Å²) >= 11 is 11.9. The molecule has 2 nitrogen and oxygen atoms in total. The molecule has 0 N–H and O–H groups in total. The summed E-state index contributed by atoms with van der Waals surface area (Å²) in [4.78, 5) is 0. The Bertz CT molecular complexity index is 556. The molecule has 0 radical (unpaired) electrons. The summed E-state index contributed by atoms with van der Waals surface area (Å²) in [7, 11) is 1.64. The number of ether oxygens (including phenoxy) is 2. The molecule has 0 aliphatic carbocycles. The van der Waals surface area contributed by atoms with Gasteiger partial charge in [-0.25, -0.2) is 0 Å². The van der Waals surface area contributed by atoms with Gasteiger partial charge in [0.25, 0.3) is 0 Å². The van der Waals surface area contributed by atoms with Crippen LogP contribution >= 0.6 is 23.2 Å². The fraction of sp³-hybridized carbons (Fsp3) is 0.200. The molecule has 2 aromatic carbocycles. The molecular formula is C15H14Cl2O2.